The maximum Gasteiger partial charge on any atom is 0.416 e. The highest BCUT2D eigenvalue weighted by Crippen LogP contribution is 2.42. The zero-order valence-electron chi connectivity index (χ0n) is 20.0. The van der Waals surface area contributed by atoms with Crippen molar-refractivity contribution in [2.75, 3.05) is 5.32 Å². The van der Waals surface area contributed by atoms with E-state index >= 15 is 0 Å². The van der Waals surface area contributed by atoms with E-state index < -0.39 is 23.7 Å². The lowest BCUT2D eigenvalue weighted by molar-refractivity contribution is -0.137. The van der Waals surface area contributed by atoms with Gasteiger partial charge in [-0.25, -0.2) is 4.79 Å². The molecule has 1 heterocycles. The highest BCUT2D eigenvalue weighted by Gasteiger charge is 2.32. The van der Waals surface area contributed by atoms with Gasteiger partial charge in [-0.2, -0.15) is 23.0 Å². The molecule has 1 aliphatic carbocycles. The molecule has 5 rings (SSSR count). The summed E-state index contributed by atoms with van der Waals surface area (Å²) in [5.74, 6) is -0.694. The van der Waals surface area contributed by atoms with E-state index in [0.29, 0.717) is 17.9 Å². The first kappa shape index (κ1) is 25.1. The monoisotopic (exact) mass is 520 g/mol. The number of alkyl halides is 3. The topological polar surface area (TPSA) is 96.2 Å². The van der Waals surface area contributed by atoms with Crippen LogP contribution in [0.1, 0.15) is 45.9 Å². The van der Waals surface area contributed by atoms with Crippen LogP contribution >= 0.6 is 0 Å². The molecule has 4 aromatic rings. The SMILES string of the molecule is O=C(Nc1ccc(O)c(-c2cc(C3CC3)n(C(=O)NCc3ccccc3)n2)c1)c1cccc(C(F)(F)F)c1. The number of halogens is 3. The quantitative estimate of drug-likeness (QED) is 0.265. The Morgan fingerprint density at radius 1 is 0.974 bits per heavy atom. The van der Waals surface area contributed by atoms with Crippen LogP contribution in [-0.2, 0) is 12.7 Å². The summed E-state index contributed by atoms with van der Waals surface area (Å²) in [4.78, 5) is 25.6. The molecule has 3 N–H and O–H groups in total. The van der Waals surface area contributed by atoms with E-state index in [4.69, 9.17) is 0 Å². The minimum absolute atomic E-state index is 0.126. The number of nitrogens with one attached hydrogen (secondary N) is 2. The molecule has 1 aliphatic rings. The smallest absolute Gasteiger partial charge is 0.416 e. The molecule has 7 nitrogen and oxygen atoms in total. The van der Waals surface area contributed by atoms with Crippen molar-refractivity contribution in [1.82, 2.24) is 15.1 Å². The number of nitrogens with zero attached hydrogens (tertiary/aromatic N) is 2. The number of benzene rings is 3. The van der Waals surface area contributed by atoms with Crippen LogP contribution in [0.4, 0.5) is 23.7 Å². The fourth-order valence-electron chi connectivity index (χ4n) is 4.07. The summed E-state index contributed by atoms with van der Waals surface area (Å²) in [6, 6.07) is 19.1. The molecule has 0 spiro atoms. The maximum atomic E-state index is 13.0. The van der Waals surface area contributed by atoms with Gasteiger partial charge in [0.05, 0.1) is 17.0 Å². The summed E-state index contributed by atoms with van der Waals surface area (Å²) in [7, 11) is 0. The van der Waals surface area contributed by atoms with E-state index in [1.807, 2.05) is 30.3 Å². The summed E-state index contributed by atoms with van der Waals surface area (Å²) >= 11 is 0. The summed E-state index contributed by atoms with van der Waals surface area (Å²) in [6.07, 6.45) is -2.75. The fraction of sp³-hybridized carbons (Fsp3) is 0.179. The van der Waals surface area contributed by atoms with Crippen molar-refractivity contribution < 1.29 is 27.9 Å². The van der Waals surface area contributed by atoms with Gasteiger partial charge >= 0.3 is 12.2 Å². The zero-order chi connectivity index (χ0) is 26.9. The first-order valence-corrected chi connectivity index (χ1v) is 11.9. The Labute approximate surface area is 215 Å². The van der Waals surface area contributed by atoms with Crippen LogP contribution < -0.4 is 10.6 Å². The lowest BCUT2D eigenvalue weighted by Crippen LogP contribution is -2.30. The Morgan fingerprint density at radius 3 is 2.45 bits per heavy atom. The van der Waals surface area contributed by atoms with Gasteiger partial charge in [-0.1, -0.05) is 36.4 Å². The number of carbonyl (C=O) groups excluding carboxylic acids is 2. The second kappa shape index (κ2) is 10.0. The van der Waals surface area contributed by atoms with Crippen molar-refractivity contribution in [1.29, 1.82) is 0 Å². The average Bonchev–Trinajstić information content (AvgIpc) is 3.66. The van der Waals surface area contributed by atoms with Gasteiger partial charge in [0.1, 0.15) is 5.75 Å². The molecular formula is C28H23F3N4O3. The van der Waals surface area contributed by atoms with Crippen molar-refractivity contribution in [3.05, 3.63) is 101 Å². The highest BCUT2D eigenvalue weighted by atomic mass is 19.4. The normalized spacial score (nSPS) is 13.2. The van der Waals surface area contributed by atoms with Crippen molar-refractivity contribution in [3.63, 3.8) is 0 Å². The van der Waals surface area contributed by atoms with Gasteiger partial charge in [-0.3, -0.25) is 4.79 Å². The van der Waals surface area contributed by atoms with Crippen molar-refractivity contribution in [2.45, 2.75) is 31.5 Å². The Bertz CT molecular complexity index is 1490. The number of hydrogen-bond donors (Lipinski definition) is 3. The van der Waals surface area contributed by atoms with Gasteiger partial charge in [0.15, 0.2) is 0 Å². The molecular weight excluding hydrogens is 497 g/mol. The number of aromatic hydroxyl groups is 1. The van der Waals surface area contributed by atoms with Crippen molar-refractivity contribution >= 4 is 17.6 Å². The largest absolute Gasteiger partial charge is 0.507 e. The standard InChI is InChI=1S/C28H23F3N4O3/c29-28(30,31)20-8-4-7-19(13-20)26(37)33-21-11-12-25(36)22(14-21)23-15-24(18-9-10-18)35(34-23)27(38)32-16-17-5-2-1-3-6-17/h1-8,11-15,18,36H,9-10,16H2,(H,32,38)(H,33,37). The van der Waals surface area contributed by atoms with E-state index in [1.54, 1.807) is 6.07 Å². The third-order valence-corrected chi connectivity index (χ3v) is 6.19. The molecule has 0 unspecified atom stereocenters. The van der Waals surface area contributed by atoms with E-state index in [9.17, 15) is 27.9 Å². The van der Waals surface area contributed by atoms with Gasteiger partial charge in [0.25, 0.3) is 5.91 Å². The third-order valence-electron chi connectivity index (χ3n) is 6.19. The van der Waals surface area contributed by atoms with E-state index in [-0.39, 0.29) is 28.5 Å². The molecule has 0 radical (unpaired) electrons. The molecule has 1 saturated carbocycles. The molecule has 2 amide bonds. The fourth-order valence-corrected chi connectivity index (χ4v) is 4.07. The predicted octanol–water partition coefficient (Wildman–Crippen LogP) is 6.16. The third kappa shape index (κ3) is 5.54. The Hall–Kier alpha value is -4.60. The molecule has 0 bridgehead atoms. The second-order valence-electron chi connectivity index (χ2n) is 9.05. The maximum absolute atomic E-state index is 13.0. The van der Waals surface area contributed by atoms with Crippen molar-refractivity contribution in [3.8, 4) is 17.0 Å². The minimum atomic E-state index is -4.58. The molecule has 1 aromatic heterocycles. The van der Waals surface area contributed by atoms with E-state index in [0.717, 1.165) is 36.6 Å². The molecule has 3 aromatic carbocycles. The Morgan fingerprint density at radius 2 is 1.74 bits per heavy atom. The Kier molecular flexibility index (Phi) is 6.62. The molecule has 194 valence electrons. The van der Waals surface area contributed by atoms with Crippen LogP contribution in [-0.4, -0.2) is 26.8 Å². The van der Waals surface area contributed by atoms with Crippen LogP contribution in [0, 0.1) is 0 Å². The van der Waals surface area contributed by atoms with Crippen LogP contribution in [0.3, 0.4) is 0 Å². The van der Waals surface area contributed by atoms with Crippen LogP contribution in [0.25, 0.3) is 11.3 Å². The number of amides is 2. The van der Waals surface area contributed by atoms with Gasteiger partial charge in [0.2, 0.25) is 0 Å². The first-order chi connectivity index (χ1) is 18.2. The van der Waals surface area contributed by atoms with Crippen LogP contribution in [0.2, 0.25) is 0 Å². The zero-order valence-corrected chi connectivity index (χ0v) is 20.0. The number of rotatable bonds is 6. The van der Waals surface area contributed by atoms with Gasteiger partial charge < -0.3 is 15.7 Å². The summed E-state index contributed by atoms with van der Waals surface area (Å²) in [5.41, 5.74) is 1.39. The number of phenols is 1. The molecule has 1 fully saturated rings. The molecule has 0 atom stereocenters. The molecule has 10 heteroatoms. The van der Waals surface area contributed by atoms with Crippen LogP contribution in [0.5, 0.6) is 5.75 Å². The molecule has 0 aliphatic heterocycles. The summed E-state index contributed by atoms with van der Waals surface area (Å²) in [6.45, 7) is 0.321. The number of carbonyl (C=O) groups is 2. The summed E-state index contributed by atoms with van der Waals surface area (Å²) in [5, 5.41) is 20.4. The second-order valence-corrected chi connectivity index (χ2v) is 9.05. The van der Waals surface area contributed by atoms with E-state index in [1.165, 1.54) is 28.9 Å². The van der Waals surface area contributed by atoms with Crippen LogP contribution in [0.15, 0.2) is 78.9 Å². The summed E-state index contributed by atoms with van der Waals surface area (Å²) < 4.78 is 40.4. The number of hydrogen-bond acceptors (Lipinski definition) is 4. The molecule has 38 heavy (non-hydrogen) atoms. The lowest BCUT2D eigenvalue weighted by atomic mass is 10.1. The predicted molar refractivity (Wildman–Crippen MR) is 135 cm³/mol. The lowest BCUT2D eigenvalue weighted by Gasteiger charge is -2.10. The first-order valence-electron chi connectivity index (χ1n) is 11.9. The number of anilines is 1. The van der Waals surface area contributed by atoms with Crippen molar-refractivity contribution in [2.24, 2.45) is 0 Å². The highest BCUT2D eigenvalue weighted by molar-refractivity contribution is 6.04. The Balaban J connectivity index is 1.38. The van der Waals surface area contributed by atoms with Gasteiger partial charge in [-0.05, 0) is 60.9 Å². The number of aromatic nitrogens is 2. The van der Waals surface area contributed by atoms with Gasteiger partial charge in [-0.15, -0.1) is 0 Å². The minimum Gasteiger partial charge on any atom is -0.507 e. The molecule has 0 saturated heterocycles. The average molecular weight is 521 g/mol. The van der Waals surface area contributed by atoms with Gasteiger partial charge in [0, 0.05) is 29.3 Å². The van der Waals surface area contributed by atoms with E-state index in [2.05, 4.69) is 15.7 Å². The number of phenolic OH excluding ortho intramolecular Hbond substituents is 1.